The number of nitrogens with one attached hydrogen (secondary N) is 1. The lowest BCUT2D eigenvalue weighted by atomic mass is 9.96. The fraction of sp³-hybridized carbons (Fsp3) is 0.417. The van der Waals surface area contributed by atoms with E-state index in [4.69, 9.17) is 4.74 Å². The van der Waals surface area contributed by atoms with Crippen molar-refractivity contribution < 1.29 is 9.53 Å². The smallest absolute Gasteiger partial charge is 0.262 e. The van der Waals surface area contributed by atoms with Gasteiger partial charge in [-0.2, -0.15) is 5.26 Å². The third kappa shape index (κ3) is 4.56. The molecule has 0 saturated carbocycles. The normalized spacial score (nSPS) is 17.6. The Morgan fingerprint density at radius 2 is 2.15 bits per heavy atom. The molecule has 1 aliphatic carbocycles. The molecule has 1 amide bonds. The first-order chi connectivity index (χ1) is 16.1. The van der Waals surface area contributed by atoms with E-state index >= 15 is 0 Å². The lowest BCUT2D eigenvalue weighted by molar-refractivity contribution is -0.113. The highest BCUT2D eigenvalue weighted by atomic mass is 32.2. The second-order valence-electron chi connectivity index (χ2n) is 8.33. The van der Waals surface area contributed by atoms with Gasteiger partial charge in [0.15, 0.2) is 5.16 Å². The van der Waals surface area contributed by atoms with Crippen LogP contribution in [0.25, 0.3) is 10.9 Å². The van der Waals surface area contributed by atoms with Crippen LogP contribution in [0.5, 0.6) is 0 Å². The molecule has 170 valence electrons. The number of fused-ring (bicyclic) bond motifs is 2. The molecule has 1 unspecified atom stereocenters. The summed E-state index contributed by atoms with van der Waals surface area (Å²) in [6.45, 7) is 1.13. The molecule has 1 N–H and O–H groups in total. The van der Waals surface area contributed by atoms with E-state index in [1.807, 2.05) is 18.2 Å². The number of aromatic nitrogens is 2. The Bertz CT molecular complexity index is 1300. The van der Waals surface area contributed by atoms with Crippen LogP contribution >= 0.6 is 23.1 Å². The highest BCUT2D eigenvalue weighted by Crippen LogP contribution is 2.37. The van der Waals surface area contributed by atoms with Gasteiger partial charge < -0.3 is 10.1 Å². The lowest BCUT2D eigenvalue weighted by Crippen LogP contribution is -2.29. The first-order valence-electron chi connectivity index (χ1n) is 11.2. The van der Waals surface area contributed by atoms with E-state index < -0.39 is 0 Å². The van der Waals surface area contributed by atoms with Gasteiger partial charge in [-0.05, 0) is 56.2 Å². The summed E-state index contributed by atoms with van der Waals surface area (Å²) in [6, 6.07) is 9.55. The molecule has 0 radical (unpaired) electrons. The quantitative estimate of drug-likeness (QED) is 0.421. The number of carbonyl (C=O) groups excluding carboxylic acids is 1. The summed E-state index contributed by atoms with van der Waals surface area (Å²) >= 11 is 2.76. The van der Waals surface area contributed by atoms with Crippen molar-refractivity contribution in [2.24, 2.45) is 0 Å². The van der Waals surface area contributed by atoms with Crippen molar-refractivity contribution in [3.8, 4) is 6.07 Å². The lowest BCUT2D eigenvalue weighted by Gasteiger charge is -2.16. The Balaban J connectivity index is 1.37. The molecule has 9 heteroatoms. The number of nitriles is 1. The van der Waals surface area contributed by atoms with E-state index in [0.717, 1.165) is 44.1 Å². The van der Waals surface area contributed by atoms with Gasteiger partial charge in [-0.1, -0.05) is 23.9 Å². The number of thioether (sulfide) groups is 1. The Hall–Kier alpha value is -2.67. The monoisotopic (exact) mass is 480 g/mol. The number of para-hydroxylation sites is 1. The van der Waals surface area contributed by atoms with Crippen molar-refractivity contribution in [1.82, 2.24) is 9.55 Å². The summed E-state index contributed by atoms with van der Waals surface area (Å²) in [4.78, 5) is 31.9. The standard InChI is InChI=1S/C24H24N4O3S2/c25-12-18-16-7-2-4-10-20(16)33-22(18)27-21(29)14-32-24-26-19-9-3-1-8-17(19)23(30)28(24)13-15-6-5-11-31-15/h1,3,8-9,15H,2,4-7,10-11,13-14H2,(H,27,29). The first kappa shape index (κ1) is 22.1. The van der Waals surface area contributed by atoms with Crippen LogP contribution in [0.4, 0.5) is 5.00 Å². The minimum absolute atomic E-state index is 0.0190. The molecule has 1 aromatic carbocycles. The fourth-order valence-electron chi connectivity index (χ4n) is 4.48. The zero-order valence-corrected chi connectivity index (χ0v) is 19.8. The summed E-state index contributed by atoms with van der Waals surface area (Å²) in [5.74, 6) is -0.106. The third-order valence-electron chi connectivity index (χ3n) is 6.11. The number of nitrogens with zero attached hydrogens (tertiary/aromatic N) is 3. The number of aryl methyl sites for hydroxylation is 1. The third-order valence-corrected chi connectivity index (χ3v) is 8.29. The first-order valence-corrected chi connectivity index (χ1v) is 13.0. The van der Waals surface area contributed by atoms with Crippen molar-refractivity contribution in [2.45, 2.75) is 56.3 Å². The maximum Gasteiger partial charge on any atom is 0.262 e. The number of amides is 1. The second kappa shape index (κ2) is 9.67. The van der Waals surface area contributed by atoms with Crippen molar-refractivity contribution in [3.63, 3.8) is 0 Å². The van der Waals surface area contributed by atoms with Gasteiger partial charge in [0.1, 0.15) is 11.1 Å². The van der Waals surface area contributed by atoms with Crippen LogP contribution in [0.2, 0.25) is 0 Å². The van der Waals surface area contributed by atoms with Gasteiger partial charge in [-0.3, -0.25) is 14.2 Å². The zero-order chi connectivity index (χ0) is 22.8. The van der Waals surface area contributed by atoms with Gasteiger partial charge in [-0.25, -0.2) is 4.98 Å². The van der Waals surface area contributed by atoms with Crippen molar-refractivity contribution in [1.29, 1.82) is 5.26 Å². The van der Waals surface area contributed by atoms with Gasteiger partial charge in [0.05, 0.1) is 34.9 Å². The van der Waals surface area contributed by atoms with Crippen LogP contribution in [0.3, 0.4) is 0 Å². The Morgan fingerprint density at radius 3 is 2.97 bits per heavy atom. The van der Waals surface area contributed by atoms with Crippen molar-refractivity contribution in [3.05, 3.63) is 50.6 Å². The molecule has 2 aliphatic rings. The zero-order valence-electron chi connectivity index (χ0n) is 18.1. The number of carbonyl (C=O) groups is 1. The maximum atomic E-state index is 13.2. The van der Waals surface area contributed by atoms with Crippen molar-refractivity contribution >= 4 is 44.9 Å². The molecule has 1 atom stereocenters. The van der Waals surface area contributed by atoms with E-state index in [-0.39, 0.29) is 23.3 Å². The molecule has 33 heavy (non-hydrogen) atoms. The van der Waals surface area contributed by atoms with Gasteiger partial charge in [0.2, 0.25) is 5.91 Å². The fourth-order valence-corrected chi connectivity index (χ4v) is 6.54. The number of thiophene rings is 1. The van der Waals surface area contributed by atoms with Gasteiger partial charge in [-0.15, -0.1) is 11.3 Å². The number of anilines is 1. The summed E-state index contributed by atoms with van der Waals surface area (Å²) in [5, 5.41) is 14.3. The number of rotatable bonds is 6. The molecule has 3 aromatic rings. The van der Waals surface area contributed by atoms with E-state index in [1.165, 1.54) is 28.0 Å². The topological polar surface area (TPSA) is 97.0 Å². The van der Waals surface area contributed by atoms with Gasteiger partial charge in [0.25, 0.3) is 5.56 Å². The summed E-state index contributed by atoms with van der Waals surface area (Å²) in [6.07, 6.45) is 5.94. The van der Waals surface area contributed by atoms with Crippen LogP contribution < -0.4 is 10.9 Å². The summed E-state index contributed by atoms with van der Waals surface area (Å²) in [5.41, 5.74) is 2.20. The molecule has 3 heterocycles. The van der Waals surface area contributed by atoms with Gasteiger partial charge in [0, 0.05) is 11.5 Å². The minimum Gasteiger partial charge on any atom is -0.376 e. The van der Waals surface area contributed by atoms with E-state index in [1.54, 1.807) is 10.6 Å². The molecule has 1 saturated heterocycles. The van der Waals surface area contributed by atoms with Crippen LogP contribution in [-0.2, 0) is 28.9 Å². The molecule has 5 rings (SSSR count). The van der Waals surface area contributed by atoms with E-state index in [0.29, 0.717) is 39.8 Å². The van der Waals surface area contributed by atoms with Crippen LogP contribution in [0.1, 0.15) is 41.7 Å². The molecule has 0 spiro atoms. The highest BCUT2D eigenvalue weighted by Gasteiger charge is 2.23. The predicted molar refractivity (Wildman–Crippen MR) is 130 cm³/mol. The van der Waals surface area contributed by atoms with E-state index in [9.17, 15) is 14.9 Å². The Morgan fingerprint density at radius 1 is 1.30 bits per heavy atom. The molecule has 2 aromatic heterocycles. The molecule has 1 aliphatic heterocycles. The van der Waals surface area contributed by atoms with Crippen LogP contribution in [0.15, 0.2) is 34.2 Å². The Kier molecular flexibility index (Phi) is 6.49. The molecular formula is C24H24N4O3S2. The average molecular weight is 481 g/mol. The summed E-state index contributed by atoms with van der Waals surface area (Å²) in [7, 11) is 0. The Labute approximate surface area is 199 Å². The molecule has 7 nitrogen and oxygen atoms in total. The average Bonchev–Trinajstić information content (AvgIpc) is 3.47. The van der Waals surface area contributed by atoms with Gasteiger partial charge >= 0.3 is 0 Å². The molecule has 0 bridgehead atoms. The minimum atomic E-state index is -0.207. The van der Waals surface area contributed by atoms with Crippen LogP contribution in [-0.4, -0.2) is 33.9 Å². The number of hydrogen-bond acceptors (Lipinski definition) is 7. The summed E-state index contributed by atoms with van der Waals surface area (Å²) < 4.78 is 7.38. The van der Waals surface area contributed by atoms with Crippen LogP contribution in [0, 0.1) is 11.3 Å². The predicted octanol–water partition coefficient (Wildman–Crippen LogP) is 4.12. The number of hydrogen-bond donors (Lipinski definition) is 1. The maximum absolute atomic E-state index is 13.2. The number of ether oxygens (including phenoxy) is 1. The second-order valence-corrected chi connectivity index (χ2v) is 10.4. The number of benzene rings is 1. The largest absolute Gasteiger partial charge is 0.376 e. The van der Waals surface area contributed by atoms with Crippen molar-refractivity contribution in [2.75, 3.05) is 17.7 Å². The van der Waals surface area contributed by atoms with E-state index in [2.05, 4.69) is 16.4 Å². The highest BCUT2D eigenvalue weighted by molar-refractivity contribution is 7.99. The molecule has 1 fully saturated rings. The SMILES string of the molecule is N#Cc1c(NC(=O)CSc2nc3ccccc3c(=O)n2CC2CCCO2)sc2c1CCCC2. The molecular weight excluding hydrogens is 456 g/mol.